The predicted octanol–water partition coefficient (Wildman–Crippen LogP) is 4.11. The Hall–Kier alpha value is -2.88. The van der Waals surface area contributed by atoms with Gasteiger partial charge in [-0.25, -0.2) is 4.98 Å². The molecule has 0 saturated carbocycles. The van der Waals surface area contributed by atoms with E-state index >= 15 is 0 Å². The van der Waals surface area contributed by atoms with Gasteiger partial charge in [0, 0.05) is 18.0 Å². The van der Waals surface area contributed by atoms with Gasteiger partial charge >= 0.3 is 0 Å². The summed E-state index contributed by atoms with van der Waals surface area (Å²) in [6.07, 6.45) is 6.95. The number of nitrogens with one attached hydrogen (secondary N) is 1. The highest BCUT2D eigenvalue weighted by atomic mass is 16.1. The maximum Gasteiger partial charge on any atom is 0.248 e. The molecule has 116 valence electrons. The van der Waals surface area contributed by atoms with Gasteiger partial charge < -0.3 is 9.72 Å². The molecule has 3 rings (SSSR count). The van der Waals surface area contributed by atoms with Crippen molar-refractivity contribution >= 4 is 23.3 Å². The minimum absolute atomic E-state index is 0.159. The summed E-state index contributed by atoms with van der Waals surface area (Å²) in [6, 6.07) is 13.7. The molecule has 0 radical (unpaired) electrons. The van der Waals surface area contributed by atoms with E-state index in [4.69, 9.17) is 0 Å². The van der Waals surface area contributed by atoms with Gasteiger partial charge in [0.1, 0.15) is 5.65 Å². The number of nitrogens with zero attached hydrogens (tertiary/aromatic N) is 2. The van der Waals surface area contributed by atoms with Crippen LogP contribution in [0.4, 0.5) is 5.69 Å². The molecule has 1 aromatic carbocycles. The van der Waals surface area contributed by atoms with Gasteiger partial charge in [-0.15, -0.1) is 0 Å². The number of imidazole rings is 1. The molecule has 0 aliphatic carbocycles. The number of amides is 1. The fraction of sp³-hybridized carbons (Fsp3) is 0.158. The Balaban J connectivity index is 1.69. The summed E-state index contributed by atoms with van der Waals surface area (Å²) in [7, 11) is 0. The van der Waals surface area contributed by atoms with Gasteiger partial charge in [-0.3, -0.25) is 4.79 Å². The predicted molar refractivity (Wildman–Crippen MR) is 93.4 cm³/mol. The SMILES string of the molecule is CC(C)c1ccc(NC(=O)/C=C/c2cnc3ccccn23)cc1. The number of benzene rings is 1. The number of hydrogen-bond donors (Lipinski definition) is 1. The van der Waals surface area contributed by atoms with Crippen molar-refractivity contribution in [3.63, 3.8) is 0 Å². The fourth-order valence-electron chi connectivity index (χ4n) is 2.37. The van der Waals surface area contributed by atoms with E-state index in [0.717, 1.165) is 17.0 Å². The van der Waals surface area contributed by atoms with Crippen LogP contribution in [0.15, 0.2) is 60.9 Å². The van der Waals surface area contributed by atoms with Crippen molar-refractivity contribution in [2.45, 2.75) is 19.8 Å². The first kappa shape index (κ1) is 15.0. The standard InChI is InChI=1S/C19H19N3O/c1-14(2)15-6-8-16(9-7-15)21-19(23)11-10-17-13-20-18-5-3-4-12-22(17)18/h3-14H,1-2H3,(H,21,23)/b11-10+. The second-order valence-corrected chi connectivity index (χ2v) is 5.71. The lowest BCUT2D eigenvalue weighted by molar-refractivity contribution is -0.111. The van der Waals surface area contributed by atoms with Gasteiger partial charge in [-0.05, 0) is 41.8 Å². The molecule has 1 N–H and O–H groups in total. The fourth-order valence-corrected chi connectivity index (χ4v) is 2.37. The topological polar surface area (TPSA) is 46.4 Å². The lowest BCUT2D eigenvalue weighted by atomic mass is 10.0. The number of anilines is 1. The number of carbonyl (C=O) groups excluding carboxylic acids is 1. The van der Waals surface area contributed by atoms with Crippen molar-refractivity contribution < 1.29 is 4.79 Å². The molecule has 0 saturated heterocycles. The number of aromatic nitrogens is 2. The minimum Gasteiger partial charge on any atom is -0.323 e. The third-order valence-corrected chi connectivity index (χ3v) is 3.70. The Morgan fingerprint density at radius 2 is 1.96 bits per heavy atom. The second kappa shape index (κ2) is 6.48. The van der Waals surface area contributed by atoms with Gasteiger partial charge in [0.2, 0.25) is 5.91 Å². The summed E-state index contributed by atoms with van der Waals surface area (Å²) in [5, 5.41) is 2.86. The van der Waals surface area contributed by atoms with Crippen LogP contribution >= 0.6 is 0 Å². The zero-order valence-electron chi connectivity index (χ0n) is 13.2. The normalized spacial score (nSPS) is 11.4. The summed E-state index contributed by atoms with van der Waals surface area (Å²) in [5.74, 6) is 0.322. The van der Waals surface area contributed by atoms with E-state index in [2.05, 4.69) is 24.1 Å². The maximum atomic E-state index is 12.0. The molecule has 2 aromatic heterocycles. The molecule has 4 nitrogen and oxygen atoms in total. The second-order valence-electron chi connectivity index (χ2n) is 5.71. The molecule has 3 aromatic rings. The average molecular weight is 305 g/mol. The molecule has 4 heteroatoms. The van der Waals surface area contributed by atoms with E-state index in [1.54, 1.807) is 12.3 Å². The maximum absolute atomic E-state index is 12.0. The molecule has 0 atom stereocenters. The summed E-state index contributed by atoms with van der Waals surface area (Å²) >= 11 is 0. The van der Waals surface area contributed by atoms with Gasteiger partial charge in [-0.2, -0.15) is 0 Å². The van der Waals surface area contributed by atoms with Crippen LogP contribution in [0.3, 0.4) is 0 Å². The van der Waals surface area contributed by atoms with E-state index in [9.17, 15) is 4.79 Å². The molecule has 1 amide bonds. The zero-order valence-corrected chi connectivity index (χ0v) is 13.2. The van der Waals surface area contributed by atoms with Crippen molar-refractivity contribution in [3.05, 3.63) is 72.2 Å². The van der Waals surface area contributed by atoms with E-state index in [1.165, 1.54) is 11.6 Å². The van der Waals surface area contributed by atoms with Crippen LogP contribution in [0.2, 0.25) is 0 Å². The van der Waals surface area contributed by atoms with Crippen molar-refractivity contribution in [1.29, 1.82) is 0 Å². The Morgan fingerprint density at radius 1 is 1.17 bits per heavy atom. The molecule has 2 heterocycles. The number of carbonyl (C=O) groups is 1. The van der Waals surface area contributed by atoms with Crippen LogP contribution in [0.1, 0.15) is 31.0 Å². The molecule has 0 unspecified atom stereocenters. The van der Waals surface area contributed by atoms with E-state index in [-0.39, 0.29) is 5.91 Å². The number of fused-ring (bicyclic) bond motifs is 1. The van der Waals surface area contributed by atoms with Crippen molar-refractivity contribution in [1.82, 2.24) is 9.38 Å². The van der Waals surface area contributed by atoms with E-state index in [1.807, 2.05) is 53.1 Å². The Morgan fingerprint density at radius 3 is 2.70 bits per heavy atom. The third-order valence-electron chi connectivity index (χ3n) is 3.70. The first-order valence-corrected chi connectivity index (χ1v) is 7.64. The highest BCUT2D eigenvalue weighted by molar-refractivity contribution is 6.01. The smallest absolute Gasteiger partial charge is 0.248 e. The lowest BCUT2D eigenvalue weighted by Crippen LogP contribution is -2.07. The molecule has 0 fully saturated rings. The quantitative estimate of drug-likeness (QED) is 0.737. The molecular weight excluding hydrogens is 286 g/mol. The number of hydrogen-bond acceptors (Lipinski definition) is 2. The third kappa shape index (κ3) is 3.48. The minimum atomic E-state index is -0.159. The summed E-state index contributed by atoms with van der Waals surface area (Å²) in [6.45, 7) is 4.29. The molecule has 0 bridgehead atoms. The van der Waals surface area contributed by atoms with Gasteiger partial charge in [0.05, 0.1) is 11.9 Å². The average Bonchev–Trinajstić information content (AvgIpc) is 2.97. The van der Waals surface area contributed by atoms with Crippen molar-refractivity contribution in [2.75, 3.05) is 5.32 Å². The van der Waals surface area contributed by atoms with Gasteiger partial charge in [0.25, 0.3) is 0 Å². The summed E-state index contributed by atoms with van der Waals surface area (Å²) < 4.78 is 1.93. The highest BCUT2D eigenvalue weighted by Crippen LogP contribution is 2.17. The van der Waals surface area contributed by atoms with Crippen LogP contribution in [-0.2, 0) is 4.79 Å². The molecular formula is C19H19N3O. The van der Waals surface area contributed by atoms with Crippen molar-refractivity contribution in [3.8, 4) is 0 Å². The number of pyridine rings is 1. The van der Waals surface area contributed by atoms with Crippen LogP contribution in [-0.4, -0.2) is 15.3 Å². The van der Waals surface area contributed by atoms with Gasteiger partial charge in [-0.1, -0.05) is 32.0 Å². The van der Waals surface area contributed by atoms with Crippen LogP contribution in [0.5, 0.6) is 0 Å². The largest absolute Gasteiger partial charge is 0.323 e. The van der Waals surface area contributed by atoms with E-state index in [0.29, 0.717) is 5.92 Å². The Bertz CT molecular complexity index is 844. The van der Waals surface area contributed by atoms with Crippen LogP contribution in [0, 0.1) is 0 Å². The van der Waals surface area contributed by atoms with Crippen LogP contribution in [0.25, 0.3) is 11.7 Å². The van der Waals surface area contributed by atoms with E-state index < -0.39 is 0 Å². The van der Waals surface area contributed by atoms with Crippen LogP contribution < -0.4 is 5.32 Å². The monoisotopic (exact) mass is 305 g/mol. The van der Waals surface area contributed by atoms with Gasteiger partial charge in [0.15, 0.2) is 0 Å². The number of rotatable bonds is 4. The first-order chi connectivity index (χ1) is 11.1. The Kier molecular flexibility index (Phi) is 4.24. The Labute approximate surface area is 135 Å². The summed E-state index contributed by atoms with van der Waals surface area (Å²) in [4.78, 5) is 16.3. The molecule has 0 spiro atoms. The summed E-state index contributed by atoms with van der Waals surface area (Å²) in [5.41, 5.74) is 3.77. The highest BCUT2D eigenvalue weighted by Gasteiger charge is 2.02. The zero-order chi connectivity index (χ0) is 16.2. The molecule has 0 aliphatic rings. The lowest BCUT2D eigenvalue weighted by Gasteiger charge is -2.07. The molecule has 23 heavy (non-hydrogen) atoms. The first-order valence-electron chi connectivity index (χ1n) is 7.64. The van der Waals surface area contributed by atoms with Crippen molar-refractivity contribution in [2.24, 2.45) is 0 Å². The molecule has 0 aliphatic heterocycles.